The molecule has 0 aliphatic rings. The van der Waals surface area contributed by atoms with Crippen molar-refractivity contribution in [3.8, 4) is 0 Å². The van der Waals surface area contributed by atoms with Gasteiger partial charge < -0.3 is 0 Å². The zero-order valence-electron chi connectivity index (χ0n) is 7.85. The Morgan fingerprint density at radius 3 is 1.29 bits per heavy atom. The van der Waals surface area contributed by atoms with Crippen molar-refractivity contribution in [1.29, 1.82) is 0 Å². The minimum Gasteiger partial charge on any atom is -0.0622 e. The van der Waals surface area contributed by atoms with E-state index in [1.165, 1.54) is 10.6 Å². The van der Waals surface area contributed by atoms with E-state index in [0.29, 0.717) is 0 Å². The van der Waals surface area contributed by atoms with E-state index >= 15 is 0 Å². The van der Waals surface area contributed by atoms with Crippen molar-refractivity contribution in [1.82, 2.24) is 0 Å². The summed E-state index contributed by atoms with van der Waals surface area (Å²) in [5.41, 5.74) is 0. The largest absolute Gasteiger partial charge is 0.0622 e. The van der Waals surface area contributed by atoms with Gasteiger partial charge in [0, 0.05) is 25.8 Å². The van der Waals surface area contributed by atoms with E-state index < -0.39 is 0 Å². The third kappa shape index (κ3) is 3.48. The van der Waals surface area contributed by atoms with E-state index in [-0.39, 0.29) is 25.8 Å². The Bertz CT molecular complexity index is 321. The van der Waals surface area contributed by atoms with Crippen molar-refractivity contribution >= 4 is 19.2 Å². The van der Waals surface area contributed by atoms with Gasteiger partial charge in [0.2, 0.25) is 0 Å². The third-order valence-corrected chi connectivity index (χ3v) is 3.08. The quantitative estimate of drug-likeness (QED) is 0.696. The molecule has 0 unspecified atom stereocenters. The van der Waals surface area contributed by atoms with Crippen molar-refractivity contribution in [3.63, 3.8) is 0 Å². The van der Waals surface area contributed by atoms with Gasteiger partial charge in [-0.05, 0) is 10.6 Å². The van der Waals surface area contributed by atoms with Crippen LogP contribution in [0.15, 0.2) is 60.7 Å². The van der Waals surface area contributed by atoms with Gasteiger partial charge in [-0.2, -0.15) is 0 Å². The predicted molar refractivity (Wildman–Crippen MR) is 60.5 cm³/mol. The number of benzene rings is 2. The summed E-state index contributed by atoms with van der Waals surface area (Å²) in [4.78, 5) is 0. The Kier molecular flexibility index (Phi) is 5.29. The number of rotatable bonds is 2. The molecule has 14 heavy (non-hydrogen) atoms. The molecule has 0 atom stereocenters. The van der Waals surface area contributed by atoms with Crippen LogP contribution in [0, 0.1) is 0 Å². The second kappa shape index (κ2) is 6.27. The normalized spacial score (nSPS) is 9.14. The van der Waals surface area contributed by atoms with Crippen LogP contribution in [-0.2, 0) is 25.8 Å². The minimum absolute atomic E-state index is 0. The Morgan fingerprint density at radius 1 is 0.571 bits per heavy atom. The predicted octanol–water partition coefficient (Wildman–Crippen LogP) is 2.31. The summed E-state index contributed by atoms with van der Waals surface area (Å²) in [5.74, 6) is 0. The molecule has 0 bridgehead atoms. The molecular weight excluding hydrogens is 220 g/mol. The van der Waals surface area contributed by atoms with Crippen LogP contribution in [0.2, 0.25) is 0 Å². The third-order valence-electron chi connectivity index (χ3n) is 1.84. The van der Waals surface area contributed by atoms with Crippen LogP contribution in [0.3, 0.4) is 0 Å². The molecule has 2 aromatic rings. The number of hydrogen-bond donors (Lipinski definition) is 0. The first kappa shape index (κ1) is 11.8. The molecule has 0 aromatic heterocycles. The molecule has 2 heteroatoms. The Labute approximate surface area is 105 Å². The molecule has 2 aromatic carbocycles. The van der Waals surface area contributed by atoms with Gasteiger partial charge in [0.05, 0.1) is 0 Å². The molecule has 0 aliphatic heterocycles. The fourth-order valence-electron chi connectivity index (χ4n) is 1.21. The summed E-state index contributed by atoms with van der Waals surface area (Å²) >= 11 is 0. The fourth-order valence-corrected chi connectivity index (χ4v) is 2.26. The summed E-state index contributed by atoms with van der Waals surface area (Å²) in [6, 6.07) is 21.2. The van der Waals surface area contributed by atoms with Gasteiger partial charge in [-0.3, -0.25) is 0 Å². The van der Waals surface area contributed by atoms with Crippen LogP contribution in [0.4, 0.5) is 0 Å². The molecule has 0 heterocycles. The van der Waals surface area contributed by atoms with E-state index in [0.717, 1.165) is 8.58 Å². The molecule has 0 fully saturated rings. The Morgan fingerprint density at radius 2 is 0.929 bits per heavy atom. The smallest absolute Gasteiger partial charge is 0 e. The maximum Gasteiger partial charge on any atom is 0 e. The molecule has 0 saturated carbocycles. The monoisotopic (exact) mass is 231 g/mol. The van der Waals surface area contributed by atoms with Crippen LogP contribution in [0.25, 0.3) is 0 Å². The SMILES string of the molecule is [Sc].c1ccc(Pc2ccccc2)cc1. The van der Waals surface area contributed by atoms with Gasteiger partial charge in [-0.15, -0.1) is 0 Å². The second-order valence-electron chi connectivity index (χ2n) is 2.86. The first-order valence-electron chi connectivity index (χ1n) is 4.32. The number of hydrogen-bond acceptors (Lipinski definition) is 0. The van der Waals surface area contributed by atoms with Gasteiger partial charge >= 0.3 is 0 Å². The molecule has 0 nitrogen and oxygen atoms in total. The molecule has 2 rings (SSSR count). The van der Waals surface area contributed by atoms with Crippen LogP contribution < -0.4 is 10.6 Å². The van der Waals surface area contributed by atoms with Crippen LogP contribution >= 0.6 is 8.58 Å². The van der Waals surface area contributed by atoms with Crippen LogP contribution in [0.1, 0.15) is 0 Å². The Balaban J connectivity index is 0.000000980. The van der Waals surface area contributed by atoms with Crippen molar-refractivity contribution in [2.45, 2.75) is 0 Å². The Hall–Kier alpha value is -0.260. The van der Waals surface area contributed by atoms with E-state index in [2.05, 4.69) is 60.7 Å². The topological polar surface area (TPSA) is 0 Å². The van der Waals surface area contributed by atoms with Gasteiger partial charge in [0.15, 0.2) is 0 Å². The maximum atomic E-state index is 2.17. The molecular formula is C12H11PSc. The van der Waals surface area contributed by atoms with Gasteiger partial charge in [-0.25, -0.2) is 0 Å². The van der Waals surface area contributed by atoms with Crippen molar-refractivity contribution in [3.05, 3.63) is 60.7 Å². The van der Waals surface area contributed by atoms with Crippen molar-refractivity contribution in [2.24, 2.45) is 0 Å². The van der Waals surface area contributed by atoms with E-state index in [9.17, 15) is 0 Å². The summed E-state index contributed by atoms with van der Waals surface area (Å²) in [6.45, 7) is 0. The molecule has 0 aliphatic carbocycles. The van der Waals surface area contributed by atoms with Gasteiger partial charge in [-0.1, -0.05) is 69.2 Å². The van der Waals surface area contributed by atoms with Crippen molar-refractivity contribution < 1.29 is 25.8 Å². The van der Waals surface area contributed by atoms with Gasteiger partial charge in [0.1, 0.15) is 0 Å². The molecule has 67 valence electrons. The molecule has 0 amide bonds. The molecule has 0 spiro atoms. The summed E-state index contributed by atoms with van der Waals surface area (Å²) in [7, 11) is 0.777. The standard InChI is InChI=1S/C12H11P.Sc/c1-3-7-11(8-4-1)13-12-9-5-2-6-10-12;/h1-10,13H;. The van der Waals surface area contributed by atoms with E-state index in [1.807, 2.05) is 0 Å². The summed E-state index contributed by atoms with van der Waals surface area (Å²) < 4.78 is 0. The van der Waals surface area contributed by atoms with Crippen molar-refractivity contribution in [2.75, 3.05) is 0 Å². The zero-order chi connectivity index (χ0) is 8.93. The first-order valence-corrected chi connectivity index (χ1v) is 5.32. The first-order chi connectivity index (χ1) is 6.45. The average Bonchev–Trinajstić information content (AvgIpc) is 2.21. The maximum absolute atomic E-state index is 2.17. The average molecular weight is 231 g/mol. The summed E-state index contributed by atoms with van der Waals surface area (Å²) in [5, 5.41) is 2.79. The minimum atomic E-state index is 0. The van der Waals surface area contributed by atoms with Gasteiger partial charge in [0.25, 0.3) is 0 Å². The van der Waals surface area contributed by atoms with Crippen LogP contribution in [0.5, 0.6) is 0 Å². The van der Waals surface area contributed by atoms with E-state index in [1.54, 1.807) is 0 Å². The molecule has 0 N–H and O–H groups in total. The second-order valence-corrected chi connectivity index (χ2v) is 4.26. The molecule has 0 saturated heterocycles. The zero-order valence-corrected chi connectivity index (χ0v) is 10.7. The fraction of sp³-hybridized carbons (Fsp3) is 0. The van der Waals surface area contributed by atoms with E-state index in [4.69, 9.17) is 0 Å². The van der Waals surface area contributed by atoms with Crippen LogP contribution in [-0.4, -0.2) is 0 Å². The molecule has 1 radical (unpaired) electrons. The summed E-state index contributed by atoms with van der Waals surface area (Å²) in [6.07, 6.45) is 0.